The van der Waals surface area contributed by atoms with E-state index in [1.165, 1.54) is 12.1 Å². The van der Waals surface area contributed by atoms with Gasteiger partial charge in [0.05, 0.1) is 5.56 Å². The Morgan fingerprint density at radius 1 is 1.14 bits per heavy atom. The lowest BCUT2D eigenvalue weighted by Crippen LogP contribution is -2.22. The van der Waals surface area contributed by atoms with Gasteiger partial charge in [-0.3, -0.25) is 0 Å². The number of unbranched alkanes of at least 4 members (excludes halogenated alkanes) is 1. The summed E-state index contributed by atoms with van der Waals surface area (Å²) in [4.78, 5) is 10.6. The van der Waals surface area contributed by atoms with Crippen LogP contribution in [0.2, 0.25) is 0 Å². The first-order chi connectivity index (χ1) is 9.88. The van der Waals surface area contributed by atoms with Crippen LogP contribution in [0.3, 0.4) is 0 Å². The molecule has 1 aromatic rings. The zero-order valence-corrected chi connectivity index (χ0v) is 11.4. The number of hydrogen-bond donors (Lipinski definition) is 2. The van der Waals surface area contributed by atoms with E-state index in [-0.39, 0.29) is 12.0 Å². The summed E-state index contributed by atoms with van der Waals surface area (Å²) in [6.07, 6.45) is -4.24. The maximum Gasteiger partial charge on any atom is 0.389 e. The molecule has 0 saturated heterocycles. The highest BCUT2D eigenvalue weighted by Crippen LogP contribution is 2.21. The van der Waals surface area contributed by atoms with Crippen molar-refractivity contribution in [2.24, 2.45) is 0 Å². The van der Waals surface area contributed by atoms with Crippen molar-refractivity contribution in [1.82, 2.24) is 5.32 Å². The van der Waals surface area contributed by atoms with E-state index >= 15 is 0 Å². The van der Waals surface area contributed by atoms with Crippen molar-refractivity contribution in [2.75, 3.05) is 19.7 Å². The Hall–Kier alpha value is -1.76. The Balaban J connectivity index is 2.05. The van der Waals surface area contributed by atoms with Crippen molar-refractivity contribution in [3.63, 3.8) is 0 Å². The van der Waals surface area contributed by atoms with Gasteiger partial charge in [-0.25, -0.2) is 4.79 Å². The molecule has 0 spiro atoms. The van der Waals surface area contributed by atoms with Gasteiger partial charge in [-0.2, -0.15) is 13.2 Å². The van der Waals surface area contributed by atoms with Crippen molar-refractivity contribution in [2.45, 2.75) is 25.4 Å². The molecule has 7 heteroatoms. The van der Waals surface area contributed by atoms with E-state index in [9.17, 15) is 18.0 Å². The smallest absolute Gasteiger partial charge is 0.389 e. The fourth-order valence-corrected chi connectivity index (χ4v) is 1.64. The van der Waals surface area contributed by atoms with Crippen LogP contribution >= 0.6 is 0 Å². The zero-order valence-electron chi connectivity index (χ0n) is 11.4. The molecule has 0 heterocycles. The van der Waals surface area contributed by atoms with Crippen LogP contribution in [-0.4, -0.2) is 36.9 Å². The Morgan fingerprint density at radius 3 is 2.38 bits per heavy atom. The molecule has 0 aromatic heterocycles. The second-order valence-corrected chi connectivity index (χ2v) is 4.50. The molecule has 0 aliphatic carbocycles. The van der Waals surface area contributed by atoms with Crippen LogP contribution in [-0.2, 0) is 0 Å². The zero-order chi connectivity index (χ0) is 15.7. The van der Waals surface area contributed by atoms with Gasteiger partial charge in [0.2, 0.25) is 0 Å². The molecule has 0 saturated carbocycles. The second kappa shape index (κ2) is 8.51. The maximum atomic E-state index is 11.9. The molecule has 0 amide bonds. The summed E-state index contributed by atoms with van der Waals surface area (Å²) in [6, 6.07) is 6.02. The number of ether oxygens (including phenoxy) is 1. The van der Waals surface area contributed by atoms with Crippen molar-refractivity contribution in [1.29, 1.82) is 0 Å². The third-order valence-electron chi connectivity index (χ3n) is 2.71. The Morgan fingerprint density at radius 2 is 1.81 bits per heavy atom. The fourth-order valence-electron chi connectivity index (χ4n) is 1.64. The van der Waals surface area contributed by atoms with Gasteiger partial charge in [-0.1, -0.05) is 0 Å². The lowest BCUT2D eigenvalue weighted by Gasteiger charge is -2.08. The molecular weight excluding hydrogens is 287 g/mol. The third kappa shape index (κ3) is 8.19. The number of carboxylic acids is 1. The van der Waals surface area contributed by atoms with E-state index in [0.717, 1.165) is 0 Å². The summed E-state index contributed by atoms with van der Waals surface area (Å²) in [6.45, 7) is 1.40. The molecule has 0 radical (unpaired) electrons. The van der Waals surface area contributed by atoms with E-state index in [2.05, 4.69) is 5.32 Å². The topological polar surface area (TPSA) is 58.6 Å². The van der Waals surface area contributed by atoms with Crippen LogP contribution in [0.1, 0.15) is 29.6 Å². The minimum atomic E-state index is -4.08. The van der Waals surface area contributed by atoms with Gasteiger partial charge in [0.25, 0.3) is 0 Å². The molecule has 4 nitrogen and oxygen atoms in total. The van der Waals surface area contributed by atoms with E-state index in [4.69, 9.17) is 9.84 Å². The largest absolute Gasteiger partial charge is 0.492 e. The molecule has 1 rings (SSSR count). The summed E-state index contributed by atoms with van der Waals surface area (Å²) in [5.41, 5.74) is 0.185. The SMILES string of the molecule is O=C(O)c1ccc(OCCNCCCCC(F)(F)F)cc1. The van der Waals surface area contributed by atoms with Crippen LogP contribution in [0.25, 0.3) is 0 Å². The van der Waals surface area contributed by atoms with Gasteiger partial charge in [-0.05, 0) is 43.7 Å². The number of nitrogens with one attached hydrogen (secondary N) is 1. The standard InChI is InChI=1S/C14H18F3NO3/c15-14(16,17)7-1-2-8-18-9-10-21-12-5-3-11(4-6-12)13(19)20/h3-6,18H,1-2,7-10H2,(H,19,20). The molecule has 0 unspecified atom stereocenters. The van der Waals surface area contributed by atoms with E-state index in [1.54, 1.807) is 12.1 Å². The van der Waals surface area contributed by atoms with Crippen molar-refractivity contribution >= 4 is 5.97 Å². The minimum absolute atomic E-state index is 0.119. The number of halogens is 3. The molecular formula is C14H18F3NO3. The summed E-state index contributed by atoms with van der Waals surface area (Å²) < 4.78 is 41.0. The average Bonchev–Trinajstić information content (AvgIpc) is 2.41. The fraction of sp³-hybridized carbons (Fsp3) is 0.500. The summed E-state index contributed by atoms with van der Waals surface area (Å²) in [5, 5.41) is 11.7. The van der Waals surface area contributed by atoms with Crippen molar-refractivity contribution < 1.29 is 27.8 Å². The second-order valence-electron chi connectivity index (χ2n) is 4.50. The van der Waals surface area contributed by atoms with Gasteiger partial charge in [0.15, 0.2) is 0 Å². The lowest BCUT2D eigenvalue weighted by atomic mass is 10.2. The van der Waals surface area contributed by atoms with Crippen LogP contribution in [0.4, 0.5) is 13.2 Å². The molecule has 0 aliphatic rings. The first-order valence-electron chi connectivity index (χ1n) is 6.62. The third-order valence-corrected chi connectivity index (χ3v) is 2.71. The number of carboxylic acid groups (broad SMARTS) is 1. The molecule has 0 atom stereocenters. The van der Waals surface area contributed by atoms with E-state index in [0.29, 0.717) is 31.9 Å². The Kier molecular flexibility index (Phi) is 7.01. The lowest BCUT2D eigenvalue weighted by molar-refractivity contribution is -0.135. The van der Waals surface area contributed by atoms with E-state index in [1.807, 2.05) is 0 Å². The molecule has 1 aromatic carbocycles. The van der Waals surface area contributed by atoms with Crippen molar-refractivity contribution in [3.05, 3.63) is 29.8 Å². The van der Waals surface area contributed by atoms with Gasteiger partial charge < -0.3 is 15.2 Å². The predicted molar refractivity (Wildman–Crippen MR) is 71.7 cm³/mol. The monoisotopic (exact) mass is 305 g/mol. The summed E-state index contributed by atoms with van der Waals surface area (Å²) in [7, 11) is 0. The molecule has 0 aliphatic heterocycles. The van der Waals surface area contributed by atoms with Gasteiger partial charge >= 0.3 is 12.1 Å². The Bertz CT molecular complexity index is 432. The summed E-state index contributed by atoms with van der Waals surface area (Å²) >= 11 is 0. The minimum Gasteiger partial charge on any atom is -0.492 e. The van der Waals surface area contributed by atoms with Crippen LogP contribution < -0.4 is 10.1 Å². The molecule has 2 N–H and O–H groups in total. The first-order valence-corrected chi connectivity index (χ1v) is 6.62. The number of hydrogen-bond acceptors (Lipinski definition) is 3. The first kappa shape index (κ1) is 17.3. The van der Waals surface area contributed by atoms with E-state index < -0.39 is 18.6 Å². The van der Waals surface area contributed by atoms with Crippen LogP contribution in [0.15, 0.2) is 24.3 Å². The predicted octanol–water partition coefficient (Wildman–Crippen LogP) is 3.09. The van der Waals surface area contributed by atoms with Gasteiger partial charge in [-0.15, -0.1) is 0 Å². The highest BCUT2D eigenvalue weighted by atomic mass is 19.4. The van der Waals surface area contributed by atoms with Gasteiger partial charge in [0, 0.05) is 13.0 Å². The number of benzene rings is 1. The average molecular weight is 305 g/mol. The van der Waals surface area contributed by atoms with Gasteiger partial charge in [0.1, 0.15) is 12.4 Å². The van der Waals surface area contributed by atoms with Crippen LogP contribution in [0.5, 0.6) is 5.75 Å². The molecule has 118 valence electrons. The van der Waals surface area contributed by atoms with Crippen LogP contribution in [0, 0.1) is 0 Å². The molecule has 21 heavy (non-hydrogen) atoms. The quantitative estimate of drug-likeness (QED) is 0.688. The molecule has 0 fully saturated rings. The Labute approximate surface area is 120 Å². The number of carbonyl (C=O) groups is 1. The number of aromatic carboxylic acids is 1. The number of rotatable bonds is 9. The highest BCUT2D eigenvalue weighted by Gasteiger charge is 2.25. The normalized spacial score (nSPS) is 11.4. The highest BCUT2D eigenvalue weighted by molar-refractivity contribution is 5.87. The van der Waals surface area contributed by atoms with Crippen molar-refractivity contribution in [3.8, 4) is 5.75 Å². The molecule has 0 bridgehead atoms. The number of alkyl halides is 3. The summed E-state index contributed by atoms with van der Waals surface area (Å²) in [5.74, 6) is -0.444. The maximum absolute atomic E-state index is 11.9.